The summed E-state index contributed by atoms with van der Waals surface area (Å²) in [6.07, 6.45) is 6.86. The topological polar surface area (TPSA) is 66.5 Å². The van der Waals surface area contributed by atoms with Gasteiger partial charge in [-0.15, -0.1) is 13.2 Å². The lowest BCUT2D eigenvalue weighted by atomic mass is 10.1. The lowest BCUT2D eigenvalue weighted by molar-refractivity contribution is -0.274. The fourth-order valence-electron chi connectivity index (χ4n) is 3.04. The number of unbranched alkanes of at least 4 members (excludes halogenated alkanes) is 9. The summed E-state index contributed by atoms with van der Waals surface area (Å²) in [5.41, 5.74) is 0.0827. The van der Waals surface area contributed by atoms with Gasteiger partial charge in [0.2, 0.25) is 0 Å². The third kappa shape index (κ3) is 8.92. The van der Waals surface area contributed by atoms with Gasteiger partial charge in [-0.25, -0.2) is 4.79 Å². The van der Waals surface area contributed by atoms with E-state index in [2.05, 4.69) is 16.8 Å². The number of ether oxygens (including phenoxy) is 2. The minimum atomic E-state index is -4.82. The van der Waals surface area contributed by atoms with Crippen molar-refractivity contribution in [2.24, 2.45) is 0 Å². The molecule has 1 heterocycles. The molecule has 0 aliphatic heterocycles. The maximum Gasteiger partial charge on any atom is 0.573 e. The minimum Gasteiger partial charge on any atom is -0.449 e. The Balaban J connectivity index is 1.72. The highest BCUT2D eigenvalue weighted by molar-refractivity contribution is 5.38. The zero-order chi connectivity index (χ0) is 21.8. The van der Waals surface area contributed by atoms with Crippen LogP contribution in [0.15, 0.2) is 33.5 Å². The Kier molecular flexibility index (Phi) is 9.76. The van der Waals surface area contributed by atoms with Crippen LogP contribution in [0.5, 0.6) is 11.8 Å². The molecule has 0 amide bonds. The monoisotopic (exact) mass is 430 g/mol. The largest absolute Gasteiger partial charge is 0.573 e. The maximum atomic E-state index is 12.3. The lowest BCUT2D eigenvalue weighted by Gasteiger charge is -2.09. The first kappa shape index (κ1) is 23.8. The second kappa shape index (κ2) is 12.3. The van der Waals surface area contributed by atoms with Crippen LogP contribution in [-0.4, -0.2) is 22.7 Å². The normalized spacial score (nSPS) is 11.6. The molecule has 0 aliphatic rings. The van der Waals surface area contributed by atoms with Crippen LogP contribution in [0.4, 0.5) is 13.2 Å². The summed E-state index contributed by atoms with van der Waals surface area (Å²) in [5.74, 6) is -1.31. The van der Waals surface area contributed by atoms with E-state index in [1.54, 1.807) is 0 Å². The van der Waals surface area contributed by atoms with E-state index in [-0.39, 0.29) is 11.8 Å². The smallest absolute Gasteiger partial charge is 0.449 e. The quantitative estimate of drug-likeness (QED) is 0.343. The van der Waals surface area contributed by atoms with Crippen molar-refractivity contribution in [1.82, 2.24) is 9.78 Å². The Morgan fingerprint density at radius 1 is 1.00 bits per heavy atom. The first-order chi connectivity index (χ1) is 14.4. The fourth-order valence-corrected chi connectivity index (χ4v) is 3.04. The average Bonchev–Trinajstić information content (AvgIpc) is 3.05. The molecule has 1 aromatic heterocycles. The molecule has 1 aromatic carbocycles. The van der Waals surface area contributed by atoms with Gasteiger partial charge < -0.3 is 13.9 Å². The molecule has 6 nitrogen and oxygen atoms in total. The number of alkyl halides is 3. The third-order valence-corrected chi connectivity index (χ3v) is 4.55. The summed E-state index contributed by atoms with van der Waals surface area (Å²) in [4.78, 5) is 11.9. The molecular weight excluding hydrogens is 401 g/mol. The summed E-state index contributed by atoms with van der Waals surface area (Å²) >= 11 is 0. The summed E-state index contributed by atoms with van der Waals surface area (Å²) < 4.78 is 52.0. The van der Waals surface area contributed by atoms with E-state index in [0.717, 1.165) is 36.1 Å². The van der Waals surface area contributed by atoms with Crippen LogP contribution in [0.3, 0.4) is 0 Å². The van der Waals surface area contributed by atoms with Gasteiger partial charge in [-0.05, 0) is 18.6 Å². The summed E-state index contributed by atoms with van der Waals surface area (Å²) in [5, 5.41) is 3.88. The Hall–Kier alpha value is -2.45. The van der Waals surface area contributed by atoms with Gasteiger partial charge >= 0.3 is 18.2 Å². The van der Waals surface area contributed by atoms with E-state index in [1.165, 1.54) is 57.1 Å². The molecule has 0 saturated heterocycles. The summed E-state index contributed by atoms with van der Waals surface area (Å²) in [6.45, 7) is 2.57. The first-order valence-corrected chi connectivity index (χ1v) is 10.5. The maximum absolute atomic E-state index is 12.3. The molecule has 0 atom stereocenters. The van der Waals surface area contributed by atoms with Crippen molar-refractivity contribution in [3.63, 3.8) is 0 Å². The Labute approximate surface area is 174 Å². The molecule has 0 fully saturated rings. The number of halogens is 3. The zero-order valence-electron chi connectivity index (χ0n) is 17.2. The standard InChI is InChI=1S/C21H29F3N2O4/c1-2-3-4-5-6-7-8-9-10-11-15-28-19-25-26(20(27)29-19)17-13-12-14-18(16-17)30-21(22,23)24/h12-14,16H,2-11,15H2,1H3. The second-order valence-electron chi connectivity index (χ2n) is 7.12. The second-order valence-corrected chi connectivity index (χ2v) is 7.12. The van der Waals surface area contributed by atoms with Crippen molar-refractivity contribution in [1.29, 1.82) is 0 Å². The molecule has 0 aliphatic carbocycles. The van der Waals surface area contributed by atoms with Gasteiger partial charge in [-0.3, -0.25) is 0 Å². The number of hydrogen-bond acceptors (Lipinski definition) is 5. The molecule has 9 heteroatoms. The van der Waals surface area contributed by atoms with E-state index in [0.29, 0.717) is 6.61 Å². The van der Waals surface area contributed by atoms with Gasteiger partial charge in [-0.1, -0.05) is 75.9 Å². The van der Waals surface area contributed by atoms with Crippen molar-refractivity contribution in [3.8, 4) is 17.5 Å². The Bertz CT molecular complexity index is 802. The van der Waals surface area contributed by atoms with Crippen LogP contribution in [-0.2, 0) is 0 Å². The molecule has 0 radical (unpaired) electrons. The first-order valence-electron chi connectivity index (χ1n) is 10.5. The number of benzene rings is 1. The molecule has 0 bridgehead atoms. The van der Waals surface area contributed by atoms with Crippen molar-refractivity contribution >= 4 is 0 Å². The van der Waals surface area contributed by atoms with Crippen molar-refractivity contribution in [3.05, 3.63) is 34.8 Å². The highest BCUT2D eigenvalue weighted by atomic mass is 19.4. The van der Waals surface area contributed by atoms with Gasteiger partial charge in [0, 0.05) is 6.07 Å². The van der Waals surface area contributed by atoms with Crippen LogP contribution in [0.25, 0.3) is 5.69 Å². The predicted molar refractivity (Wildman–Crippen MR) is 106 cm³/mol. The van der Waals surface area contributed by atoms with E-state index in [4.69, 9.17) is 9.15 Å². The SMILES string of the molecule is CCCCCCCCCCCCOc1nn(-c2cccc(OC(F)(F)F)c2)c(=O)o1. The van der Waals surface area contributed by atoms with Gasteiger partial charge in [0.15, 0.2) is 0 Å². The molecule has 0 N–H and O–H groups in total. The summed E-state index contributed by atoms with van der Waals surface area (Å²) in [7, 11) is 0. The van der Waals surface area contributed by atoms with Crippen LogP contribution in [0, 0.1) is 0 Å². The molecule has 0 spiro atoms. The predicted octanol–water partition coefficient (Wildman–Crippen LogP) is 6.02. The minimum absolute atomic E-state index is 0.0827. The lowest BCUT2D eigenvalue weighted by Crippen LogP contribution is -2.18. The van der Waals surface area contributed by atoms with Gasteiger partial charge in [0.25, 0.3) is 0 Å². The molecule has 2 rings (SSSR count). The van der Waals surface area contributed by atoms with Crippen LogP contribution in [0.1, 0.15) is 71.1 Å². The highest BCUT2D eigenvalue weighted by Gasteiger charge is 2.31. The molecule has 0 saturated carbocycles. The molecule has 2 aromatic rings. The fraction of sp³-hybridized carbons (Fsp3) is 0.619. The third-order valence-electron chi connectivity index (χ3n) is 4.55. The van der Waals surface area contributed by atoms with E-state index < -0.39 is 17.9 Å². The van der Waals surface area contributed by atoms with Gasteiger partial charge in [-0.2, -0.15) is 4.68 Å². The Morgan fingerprint density at radius 2 is 1.63 bits per heavy atom. The van der Waals surface area contributed by atoms with Crippen molar-refractivity contribution < 1.29 is 27.1 Å². The number of hydrogen-bond donors (Lipinski definition) is 0. The van der Waals surface area contributed by atoms with Crippen LogP contribution < -0.4 is 15.2 Å². The molecule has 0 unspecified atom stereocenters. The Morgan fingerprint density at radius 3 is 2.27 bits per heavy atom. The number of rotatable bonds is 14. The number of nitrogens with zero attached hydrogens (tertiary/aromatic N) is 2. The number of aromatic nitrogens is 2. The molecular formula is C21H29F3N2O4. The van der Waals surface area contributed by atoms with Gasteiger partial charge in [0.1, 0.15) is 5.75 Å². The highest BCUT2D eigenvalue weighted by Crippen LogP contribution is 2.24. The van der Waals surface area contributed by atoms with E-state index >= 15 is 0 Å². The van der Waals surface area contributed by atoms with E-state index in [9.17, 15) is 18.0 Å². The van der Waals surface area contributed by atoms with Crippen LogP contribution >= 0.6 is 0 Å². The average molecular weight is 430 g/mol. The zero-order valence-corrected chi connectivity index (χ0v) is 17.2. The van der Waals surface area contributed by atoms with E-state index in [1.807, 2.05) is 0 Å². The summed E-state index contributed by atoms with van der Waals surface area (Å²) in [6, 6.07) is 4.91. The molecule has 168 valence electrons. The van der Waals surface area contributed by atoms with Crippen LogP contribution in [0.2, 0.25) is 0 Å². The molecule has 30 heavy (non-hydrogen) atoms. The van der Waals surface area contributed by atoms with Crippen molar-refractivity contribution in [2.45, 2.75) is 77.5 Å². The van der Waals surface area contributed by atoms with Gasteiger partial charge in [0.05, 0.1) is 12.3 Å². The van der Waals surface area contributed by atoms with Crippen molar-refractivity contribution in [2.75, 3.05) is 6.61 Å².